The van der Waals surface area contributed by atoms with Crippen LogP contribution >= 0.6 is 0 Å². The number of hydrogen-bond donors (Lipinski definition) is 0. The van der Waals surface area contributed by atoms with Gasteiger partial charge in [-0.15, -0.1) is 0 Å². The van der Waals surface area contributed by atoms with Crippen molar-refractivity contribution < 1.29 is 4.81 Å². The van der Waals surface area contributed by atoms with Gasteiger partial charge < -0.3 is 0 Å². The summed E-state index contributed by atoms with van der Waals surface area (Å²) in [6.45, 7) is 7.22. The van der Waals surface area contributed by atoms with Crippen molar-refractivity contribution >= 4 is 5.71 Å². The molecule has 56 valence electrons. The minimum atomic E-state index is 0.175. The van der Waals surface area contributed by atoms with E-state index in [1.807, 2.05) is 7.05 Å². The third kappa shape index (κ3) is 1.40. The molecule has 0 aliphatic carbocycles. The third-order valence-corrected chi connectivity index (χ3v) is 1.56. The molecule has 0 fully saturated rings. The lowest BCUT2D eigenvalue weighted by atomic mass is 9.90. The summed E-state index contributed by atoms with van der Waals surface area (Å²) >= 11 is 0. The van der Waals surface area contributed by atoms with Crippen LogP contribution in [0, 0.1) is 5.41 Å². The molecular formula is C7H14N3+. The summed E-state index contributed by atoms with van der Waals surface area (Å²) in [7, 11) is 1.86. The molecule has 10 heavy (non-hydrogen) atoms. The summed E-state index contributed by atoms with van der Waals surface area (Å²) in [5, 5.41) is 8.36. The SMILES string of the molecule is C[N+]1=NCC(C(C)(C)C)=N1. The van der Waals surface area contributed by atoms with Crippen LogP contribution in [0.1, 0.15) is 20.8 Å². The molecule has 1 aliphatic heterocycles. The molecule has 3 nitrogen and oxygen atoms in total. The highest BCUT2D eigenvalue weighted by Crippen LogP contribution is 2.18. The second kappa shape index (κ2) is 2.15. The first-order valence-corrected chi connectivity index (χ1v) is 3.49. The van der Waals surface area contributed by atoms with Crippen LogP contribution in [0.5, 0.6) is 0 Å². The van der Waals surface area contributed by atoms with Crippen molar-refractivity contribution in [1.29, 1.82) is 0 Å². The first kappa shape index (κ1) is 7.38. The van der Waals surface area contributed by atoms with Crippen LogP contribution in [0.3, 0.4) is 0 Å². The fraction of sp³-hybridized carbons (Fsp3) is 0.857. The largest absolute Gasteiger partial charge is 0.193 e. The second-order valence-corrected chi connectivity index (χ2v) is 3.59. The van der Waals surface area contributed by atoms with Gasteiger partial charge >= 0.3 is 0 Å². The Morgan fingerprint density at radius 3 is 2.20 bits per heavy atom. The monoisotopic (exact) mass is 140 g/mol. The fourth-order valence-corrected chi connectivity index (χ4v) is 0.794. The highest BCUT2D eigenvalue weighted by Gasteiger charge is 2.26. The van der Waals surface area contributed by atoms with E-state index in [4.69, 9.17) is 0 Å². The van der Waals surface area contributed by atoms with Crippen molar-refractivity contribution in [1.82, 2.24) is 0 Å². The second-order valence-electron chi connectivity index (χ2n) is 3.59. The maximum absolute atomic E-state index is 4.24. The lowest BCUT2D eigenvalue weighted by Crippen LogP contribution is -2.21. The number of hydrazone groups is 1. The van der Waals surface area contributed by atoms with Crippen molar-refractivity contribution in [2.45, 2.75) is 20.8 Å². The number of azo groups is 1. The van der Waals surface area contributed by atoms with E-state index >= 15 is 0 Å². The summed E-state index contributed by atoms with van der Waals surface area (Å²) in [5.74, 6) is 0. The molecule has 0 aromatic carbocycles. The van der Waals surface area contributed by atoms with Gasteiger partial charge in [0.1, 0.15) is 12.3 Å². The van der Waals surface area contributed by atoms with E-state index in [1.54, 1.807) is 4.81 Å². The normalized spacial score (nSPS) is 18.8. The zero-order chi connectivity index (χ0) is 7.78. The maximum Gasteiger partial charge on any atom is 0.193 e. The molecule has 0 aromatic heterocycles. The minimum Gasteiger partial charge on any atom is -0.0546 e. The van der Waals surface area contributed by atoms with Gasteiger partial charge in [0.25, 0.3) is 0 Å². The summed E-state index contributed by atoms with van der Waals surface area (Å²) in [4.78, 5) is 1.64. The Bertz CT molecular complexity index is 195. The van der Waals surface area contributed by atoms with Gasteiger partial charge in [0.2, 0.25) is 0 Å². The predicted octanol–water partition coefficient (Wildman–Crippen LogP) is 1.50. The molecule has 1 aliphatic rings. The maximum atomic E-state index is 4.24. The smallest absolute Gasteiger partial charge is 0.0546 e. The third-order valence-electron chi connectivity index (χ3n) is 1.56. The van der Waals surface area contributed by atoms with Crippen molar-refractivity contribution in [2.75, 3.05) is 13.6 Å². The zero-order valence-electron chi connectivity index (χ0n) is 7.05. The molecule has 0 spiro atoms. The van der Waals surface area contributed by atoms with Crippen molar-refractivity contribution in [3.05, 3.63) is 0 Å². The van der Waals surface area contributed by atoms with E-state index in [2.05, 4.69) is 31.0 Å². The average Bonchev–Trinajstić information content (AvgIpc) is 2.11. The topological polar surface area (TPSA) is 27.7 Å². The summed E-state index contributed by atoms with van der Waals surface area (Å²) < 4.78 is 0. The van der Waals surface area contributed by atoms with E-state index in [9.17, 15) is 0 Å². The minimum absolute atomic E-state index is 0.175. The highest BCUT2D eigenvalue weighted by molar-refractivity contribution is 5.90. The molecule has 1 rings (SSSR count). The molecule has 3 heteroatoms. The van der Waals surface area contributed by atoms with Gasteiger partial charge in [0.05, 0.1) is 0 Å². The van der Waals surface area contributed by atoms with Crippen LogP contribution in [-0.2, 0) is 0 Å². The van der Waals surface area contributed by atoms with E-state index in [0.29, 0.717) is 0 Å². The Hall–Kier alpha value is -0.730. The number of rotatable bonds is 0. The van der Waals surface area contributed by atoms with E-state index in [-0.39, 0.29) is 5.41 Å². The first-order chi connectivity index (χ1) is 4.50. The van der Waals surface area contributed by atoms with Crippen LogP contribution < -0.4 is 0 Å². The Labute approximate surface area is 61.4 Å². The van der Waals surface area contributed by atoms with Gasteiger partial charge in [-0.2, -0.15) is 0 Å². The first-order valence-electron chi connectivity index (χ1n) is 3.49. The molecule has 0 amide bonds. The van der Waals surface area contributed by atoms with E-state index in [0.717, 1.165) is 12.3 Å². The Balaban J connectivity index is 2.73. The molecule has 0 bridgehead atoms. The van der Waals surface area contributed by atoms with Gasteiger partial charge in [-0.1, -0.05) is 20.8 Å². The molecule has 0 N–H and O–H groups in total. The average molecular weight is 140 g/mol. The fourth-order valence-electron chi connectivity index (χ4n) is 0.794. The zero-order valence-corrected chi connectivity index (χ0v) is 7.05. The quantitative estimate of drug-likeness (QED) is 0.456. The summed E-state index contributed by atoms with van der Waals surface area (Å²) in [6, 6.07) is 0. The molecular weight excluding hydrogens is 126 g/mol. The molecule has 0 atom stereocenters. The van der Waals surface area contributed by atoms with E-state index in [1.165, 1.54) is 0 Å². The van der Waals surface area contributed by atoms with Crippen LogP contribution in [0.25, 0.3) is 0 Å². The Kier molecular flexibility index (Phi) is 1.58. The van der Waals surface area contributed by atoms with E-state index < -0.39 is 0 Å². The standard InChI is InChI=1S/C7H14N3/c1-7(2,3)6-5-8-10(4)9-6/h5H2,1-4H3/q+1. The van der Waals surface area contributed by atoms with Crippen LogP contribution in [-0.4, -0.2) is 24.1 Å². The van der Waals surface area contributed by atoms with Crippen LogP contribution in [0.15, 0.2) is 10.2 Å². The molecule has 0 unspecified atom stereocenters. The van der Waals surface area contributed by atoms with Gasteiger partial charge in [-0.05, 0) is 5.11 Å². The van der Waals surface area contributed by atoms with Crippen molar-refractivity contribution in [3.63, 3.8) is 0 Å². The highest BCUT2D eigenvalue weighted by atomic mass is 15.5. The van der Waals surface area contributed by atoms with Crippen LogP contribution in [0.4, 0.5) is 0 Å². The number of hydrogen-bond acceptors (Lipinski definition) is 2. The predicted molar refractivity (Wildman–Crippen MR) is 40.4 cm³/mol. The van der Waals surface area contributed by atoms with Crippen molar-refractivity contribution in [3.8, 4) is 0 Å². The lowest BCUT2D eigenvalue weighted by Gasteiger charge is -2.13. The lowest BCUT2D eigenvalue weighted by molar-refractivity contribution is -0.565. The van der Waals surface area contributed by atoms with Gasteiger partial charge in [0.15, 0.2) is 7.05 Å². The molecule has 0 saturated heterocycles. The number of nitrogens with zero attached hydrogens (tertiary/aromatic N) is 3. The molecule has 0 aromatic rings. The summed E-state index contributed by atoms with van der Waals surface area (Å²) in [5.41, 5.74) is 1.34. The Morgan fingerprint density at radius 2 is 2.00 bits per heavy atom. The molecule has 0 radical (unpaired) electrons. The van der Waals surface area contributed by atoms with Crippen molar-refractivity contribution in [2.24, 2.45) is 15.6 Å². The molecule has 1 heterocycles. The van der Waals surface area contributed by atoms with Gasteiger partial charge in [-0.3, -0.25) is 0 Å². The summed E-state index contributed by atoms with van der Waals surface area (Å²) in [6.07, 6.45) is 0. The van der Waals surface area contributed by atoms with Crippen LogP contribution in [0.2, 0.25) is 0 Å². The van der Waals surface area contributed by atoms with Gasteiger partial charge in [0, 0.05) is 15.3 Å². The Morgan fingerprint density at radius 1 is 1.40 bits per heavy atom. The van der Waals surface area contributed by atoms with Gasteiger partial charge in [-0.25, -0.2) is 0 Å². The molecule has 0 saturated carbocycles.